The number of aromatic nitrogens is 3. The summed E-state index contributed by atoms with van der Waals surface area (Å²) in [5.41, 5.74) is 2.66. The molecule has 0 aliphatic carbocycles. The van der Waals surface area contributed by atoms with Crippen LogP contribution in [0.3, 0.4) is 0 Å². The summed E-state index contributed by atoms with van der Waals surface area (Å²) in [7, 11) is 0. The molecule has 1 amide bonds. The van der Waals surface area contributed by atoms with E-state index in [0.717, 1.165) is 27.8 Å². The van der Waals surface area contributed by atoms with Crippen molar-refractivity contribution in [3.63, 3.8) is 0 Å². The molecule has 0 aliphatic heterocycles. The molecule has 0 aliphatic rings. The molecule has 0 saturated heterocycles. The number of anilines is 1. The van der Waals surface area contributed by atoms with E-state index in [-0.39, 0.29) is 11.5 Å². The molecule has 0 unspecified atom stereocenters. The molecule has 2 aromatic carbocycles. The first-order valence-electron chi connectivity index (χ1n) is 8.72. The number of carbonyl (C=O) groups excluding carboxylic acids is 2. The fourth-order valence-electron chi connectivity index (χ4n) is 2.74. The number of carbonyl (C=O) groups is 2. The number of thioether (sulfide) groups is 1. The SMILES string of the molecule is CCn1c(SCc2cccc(C(=O)[O-])c2)nnc1-c1ccc(NC(C)=O)cc1. The summed E-state index contributed by atoms with van der Waals surface area (Å²) in [6.45, 7) is 4.17. The van der Waals surface area contributed by atoms with Gasteiger partial charge in [0.2, 0.25) is 5.91 Å². The number of aromatic carboxylic acids is 1. The van der Waals surface area contributed by atoms with Gasteiger partial charge in [0.1, 0.15) is 0 Å². The molecule has 28 heavy (non-hydrogen) atoms. The van der Waals surface area contributed by atoms with Crippen LogP contribution >= 0.6 is 11.8 Å². The van der Waals surface area contributed by atoms with Crippen LogP contribution in [0.15, 0.2) is 53.7 Å². The van der Waals surface area contributed by atoms with E-state index in [1.54, 1.807) is 12.1 Å². The minimum Gasteiger partial charge on any atom is -0.545 e. The van der Waals surface area contributed by atoms with Gasteiger partial charge in [-0.05, 0) is 48.4 Å². The number of hydrogen-bond donors (Lipinski definition) is 1. The zero-order valence-corrected chi connectivity index (χ0v) is 16.3. The Morgan fingerprint density at radius 2 is 1.89 bits per heavy atom. The molecule has 1 aromatic heterocycles. The fourth-order valence-corrected chi connectivity index (χ4v) is 3.68. The number of nitrogens with one attached hydrogen (secondary N) is 1. The number of carboxylic acids is 1. The summed E-state index contributed by atoms with van der Waals surface area (Å²) in [5, 5.41) is 23.1. The minimum atomic E-state index is -1.19. The van der Waals surface area contributed by atoms with Gasteiger partial charge < -0.3 is 19.8 Å². The van der Waals surface area contributed by atoms with Gasteiger partial charge in [-0.3, -0.25) is 4.79 Å². The molecule has 0 saturated carbocycles. The Hall–Kier alpha value is -3.13. The van der Waals surface area contributed by atoms with Crippen molar-refractivity contribution in [1.29, 1.82) is 0 Å². The Bertz CT molecular complexity index is 999. The Kier molecular flexibility index (Phi) is 6.10. The Morgan fingerprint density at radius 3 is 2.54 bits per heavy atom. The fraction of sp³-hybridized carbons (Fsp3) is 0.200. The Balaban J connectivity index is 1.77. The summed E-state index contributed by atoms with van der Waals surface area (Å²) >= 11 is 1.49. The van der Waals surface area contributed by atoms with E-state index in [1.807, 2.05) is 41.8 Å². The van der Waals surface area contributed by atoms with Crippen LogP contribution in [0.4, 0.5) is 5.69 Å². The lowest BCUT2D eigenvalue weighted by Crippen LogP contribution is -2.22. The summed E-state index contributed by atoms with van der Waals surface area (Å²) in [6.07, 6.45) is 0. The second-order valence-electron chi connectivity index (χ2n) is 6.09. The second-order valence-corrected chi connectivity index (χ2v) is 7.03. The molecule has 3 aromatic rings. The lowest BCUT2D eigenvalue weighted by atomic mass is 10.1. The Morgan fingerprint density at radius 1 is 1.14 bits per heavy atom. The number of rotatable bonds is 7. The third kappa shape index (κ3) is 4.58. The largest absolute Gasteiger partial charge is 0.545 e. The topological polar surface area (TPSA) is 99.9 Å². The van der Waals surface area contributed by atoms with Crippen molar-refractivity contribution in [3.8, 4) is 11.4 Å². The molecular formula is C20H19N4O3S-. The Labute approximate surface area is 166 Å². The van der Waals surface area contributed by atoms with E-state index in [4.69, 9.17) is 0 Å². The highest BCUT2D eigenvalue weighted by Crippen LogP contribution is 2.27. The van der Waals surface area contributed by atoms with Crippen LogP contribution < -0.4 is 10.4 Å². The monoisotopic (exact) mass is 395 g/mol. The predicted molar refractivity (Wildman–Crippen MR) is 106 cm³/mol. The summed E-state index contributed by atoms with van der Waals surface area (Å²) < 4.78 is 2.00. The number of carboxylic acid groups (broad SMARTS) is 1. The molecule has 0 spiro atoms. The molecule has 1 heterocycles. The van der Waals surface area contributed by atoms with Crippen LogP contribution in [0.25, 0.3) is 11.4 Å². The predicted octanol–water partition coefficient (Wildman–Crippen LogP) is 2.58. The van der Waals surface area contributed by atoms with Crippen LogP contribution in [-0.2, 0) is 17.1 Å². The molecule has 7 nitrogen and oxygen atoms in total. The first-order chi connectivity index (χ1) is 13.5. The number of amides is 1. The maximum absolute atomic E-state index is 11.1. The van der Waals surface area contributed by atoms with E-state index in [2.05, 4.69) is 15.5 Å². The van der Waals surface area contributed by atoms with Gasteiger partial charge in [-0.2, -0.15) is 0 Å². The van der Waals surface area contributed by atoms with Gasteiger partial charge >= 0.3 is 0 Å². The van der Waals surface area contributed by atoms with E-state index in [1.165, 1.54) is 24.8 Å². The van der Waals surface area contributed by atoms with Gasteiger partial charge in [0.15, 0.2) is 11.0 Å². The molecule has 1 N–H and O–H groups in total. The van der Waals surface area contributed by atoms with Crippen molar-refractivity contribution >= 4 is 29.3 Å². The third-order valence-corrected chi connectivity index (χ3v) is 5.07. The zero-order chi connectivity index (χ0) is 20.1. The van der Waals surface area contributed by atoms with Crippen molar-refractivity contribution in [1.82, 2.24) is 14.8 Å². The minimum absolute atomic E-state index is 0.120. The summed E-state index contributed by atoms with van der Waals surface area (Å²) in [6, 6.07) is 14.1. The van der Waals surface area contributed by atoms with Crippen molar-refractivity contribution in [3.05, 3.63) is 59.7 Å². The van der Waals surface area contributed by atoms with E-state index in [9.17, 15) is 14.7 Å². The standard InChI is InChI=1S/C20H20N4O3S/c1-3-24-18(15-7-9-17(10-8-15)21-13(2)25)22-23-20(24)28-12-14-5-4-6-16(11-14)19(26)27/h4-11H,3,12H2,1-2H3,(H,21,25)(H,26,27)/p-1. The molecule has 144 valence electrons. The molecule has 0 fully saturated rings. The normalized spacial score (nSPS) is 10.6. The first-order valence-corrected chi connectivity index (χ1v) is 9.70. The zero-order valence-electron chi connectivity index (χ0n) is 15.5. The molecular weight excluding hydrogens is 376 g/mol. The third-order valence-electron chi connectivity index (χ3n) is 4.03. The average molecular weight is 395 g/mol. The molecule has 8 heteroatoms. The molecule has 0 radical (unpaired) electrons. The smallest absolute Gasteiger partial charge is 0.221 e. The van der Waals surface area contributed by atoms with Crippen LogP contribution in [0.5, 0.6) is 0 Å². The van der Waals surface area contributed by atoms with Gasteiger partial charge in [-0.1, -0.05) is 30.0 Å². The molecule has 3 rings (SSSR count). The van der Waals surface area contributed by atoms with E-state index < -0.39 is 5.97 Å². The summed E-state index contributed by atoms with van der Waals surface area (Å²) in [4.78, 5) is 22.1. The molecule has 0 atom stereocenters. The quantitative estimate of drug-likeness (QED) is 0.617. The number of benzene rings is 2. The highest BCUT2D eigenvalue weighted by atomic mass is 32.2. The second kappa shape index (κ2) is 8.71. The molecule has 0 bridgehead atoms. The van der Waals surface area contributed by atoms with Gasteiger partial charge in [0.25, 0.3) is 0 Å². The van der Waals surface area contributed by atoms with Gasteiger partial charge in [-0.15, -0.1) is 10.2 Å². The van der Waals surface area contributed by atoms with Gasteiger partial charge in [-0.25, -0.2) is 0 Å². The van der Waals surface area contributed by atoms with Crippen LogP contribution in [0, 0.1) is 0 Å². The lowest BCUT2D eigenvalue weighted by molar-refractivity contribution is -0.255. The highest BCUT2D eigenvalue weighted by molar-refractivity contribution is 7.98. The highest BCUT2D eigenvalue weighted by Gasteiger charge is 2.13. The van der Waals surface area contributed by atoms with Gasteiger partial charge in [0.05, 0.1) is 5.97 Å². The summed E-state index contributed by atoms with van der Waals surface area (Å²) in [5.74, 6) is 0.00289. The van der Waals surface area contributed by atoms with Crippen molar-refractivity contribution in [2.24, 2.45) is 0 Å². The maximum atomic E-state index is 11.1. The van der Waals surface area contributed by atoms with Crippen molar-refractivity contribution < 1.29 is 14.7 Å². The van der Waals surface area contributed by atoms with Gasteiger partial charge in [0, 0.05) is 30.5 Å². The van der Waals surface area contributed by atoms with Crippen LogP contribution in [0.2, 0.25) is 0 Å². The van der Waals surface area contributed by atoms with E-state index in [0.29, 0.717) is 12.3 Å². The van der Waals surface area contributed by atoms with Crippen LogP contribution in [-0.4, -0.2) is 26.6 Å². The average Bonchev–Trinajstić information content (AvgIpc) is 3.09. The lowest BCUT2D eigenvalue weighted by Gasteiger charge is -2.09. The first kappa shape index (κ1) is 19.6. The number of hydrogen-bond acceptors (Lipinski definition) is 6. The maximum Gasteiger partial charge on any atom is 0.221 e. The van der Waals surface area contributed by atoms with Crippen molar-refractivity contribution in [2.75, 3.05) is 5.32 Å². The number of nitrogens with zero attached hydrogens (tertiary/aromatic N) is 3. The van der Waals surface area contributed by atoms with Crippen LogP contribution in [0.1, 0.15) is 29.8 Å². The van der Waals surface area contributed by atoms with Crippen molar-refractivity contribution in [2.45, 2.75) is 31.3 Å². The van der Waals surface area contributed by atoms with E-state index >= 15 is 0 Å².